The van der Waals surface area contributed by atoms with Crippen LogP contribution >= 0.6 is 0 Å². The van der Waals surface area contributed by atoms with Crippen LogP contribution in [0.15, 0.2) is 60.7 Å². The molecule has 0 aliphatic carbocycles. The second kappa shape index (κ2) is 6.25. The molecule has 0 saturated heterocycles. The minimum Gasteiger partial charge on any atom is -0.475 e. The largest absolute Gasteiger partial charge is 0.475 e. The number of hydrogen-bond acceptors (Lipinski definition) is 2. The summed E-state index contributed by atoms with van der Waals surface area (Å²) in [5.41, 5.74) is 2.19. The molecule has 1 N–H and O–H groups in total. The average Bonchev–Trinajstić information content (AvgIpc) is 2.62. The molecule has 0 radical (unpaired) electrons. The maximum Gasteiger partial charge on any atom is 0.150 e. The molecule has 1 aliphatic rings. The third kappa shape index (κ3) is 2.65. The lowest BCUT2D eigenvalue weighted by molar-refractivity contribution is 0.122. The number of benzene rings is 3. The van der Waals surface area contributed by atoms with Crippen molar-refractivity contribution in [3.05, 3.63) is 77.6 Å². The number of halogens is 1. The van der Waals surface area contributed by atoms with Gasteiger partial charge < -0.3 is 4.74 Å². The maximum atomic E-state index is 13.4. The Morgan fingerprint density at radius 3 is 2.58 bits per heavy atom. The van der Waals surface area contributed by atoms with Crippen molar-refractivity contribution in [3.8, 4) is 5.75 Å². The van der Waals surface area contributed by atoms with Crippen LogP contribution in [0.3, 0.4) is 0 Å². The zero-order chi connectivity index (χ0) is 16.5. The molecule has 1 aliphatic heterocycles. The fraction of sp³-hybridized carbons (Fsp3) is 0.238. The van der Waals surface area contributed by atoms with E-state index in [1.165, 1.54) is 22.9 Å². The summed E-state index contributed by atoms with van der Waals surface area (Å²) in [5.74, 6) is 0.703. The van der Waals surface area contributed by atoms with E-state index in [4.69, 9.17) is 4.74 Å². The van der Waals surface area contributed by atoms with Crippen molar-refractivity contribution in [2.45, 2.75) is 32.0 Å². The van der Waals surface area contributed by atoms with Gasteiger partial charge in [-0.1, -0.05) is 55.8 Å². The summed E-state index contributed by atoms with van der Waals surface area (Å²) < 4.78 is 19.5. The lowest BCUT2D eigenvalue weighted by Gasteiger charge is -2.35. The highest BCUT2D eigenvalue weighted by Crippen LogP contribution is 2.40. The van der Waals surface area contributed by atoms with Crippen LogP contribution in [-0.2, 0) is 0 Å². The molecule has 3 aromatic rings. The van der Waals surface area contributed by atoms with E-state index in [1.54, 1.807) is 0 Å². The fourth-order valence-electron chi connectivity index (χ4n) is 3.46. The fourth-order valence-corrected chi connectivity index (χ4v) is 3.46. The SMILES string of the molecule is CCC[C@@H]1N[C@@H](c2ccc(F)cc2)c2c(ccc3ccccc23)O1. The summed E-state index contributed by atoms with van der Waals surface area (Å²) in [6.07, 6.45) is 1.94. The minimum absolute atomic E-state index is 0.00278. The number of hydrogen-bond donors (Lipinski definition) is 1. The maximum absolute atomic E-state index is 13.4. The van der Waals surface area contributed by atoms with Gasteiger partial charge in [-0.2, -0.15) is 0 Å². The molecule has 0 spiro atoms. The predicted molar refractivity (Wildman–Crippen MR) is 94.7 cm³/mol. The van der Waals surface area contributed by atoms with Crippen LogP contribution in [0.2, 0.25) is 0 Å². The molecular weight excluding hydrogens is 301 g/mol. The number of rotatable bonds is 3. The Bertz CT molecular complexity index is 859. The van der Waals surface area contributed by atoms with Gasteiger partial charge in [-0.25, -0.2) is 4.39 Å². The third-order valence-electron chi connectivity index (χ3n) is 4.60. The van der Waals surface area contributed by atoms with Crippen molar-refractivity contribution in [1.82, 2.24) is 5.32 Å². The van der Waals surface area contributed by atoms with E-state index < -0.39 is 0 Å². The first-order valence-corrected chi connectivity index (χ1v) is 8.46. The van der Waals surface area contributed by atoms with Crippen LogP contribution < -0.4 is 10.1 Å². The van der Waals surface area contributed by atoms with E-state index in [1.807, 2.05) is 24.3 Å². The second-order valence-corrected chi connectivity index (χ2v) is 6.24. The van der Waals surface area contributed by atoms with Gasteiger partial charge in [0.05, 0.1) is 6.04 Å². The Morgan fingerprint density at radius 1 is 1.00 bits per heavy atom. The summed E-state index contributed by atoms with van der Waals surface area (Å²) in [6, 6.07) is 19.2. The van der Waals surface area contributed by atoms with E-state index in [-0.39, 0.29) is 18.1 Å². The van der Waals surface area contributed by atoms with Crippen molar-refractivity contribution in [2.24, 2.45) is 0 Å². The Labute approximate surface area is 141 Å². The zero-order valence-corrected chi connectivity index (χ0v) is 13.6. The molecule has 0 aromatic heterocycles. The smallest absolute Gasteiger partial charge is 0.150 e. The van der Waals surface area contributed by atoms with E-state index in [9.17, 15) is 4.39 Å². The summed E-state index contributed by atoms with van der Waals surface area (Å²) >= 11 is 0. The van der Waals surface area contributed by atoms with Gasteiger partial charge in [0.1, 0.15) is 11.6 Å². The molecule has 2 nitrogen and oxygen atoms in total. The first-order chi connectivity index (χ1) is 11.8. The van der Waals surface area contributed by atoms with E-state index >= 15 is 0 Å². The average molecular weight is 321 g/mol. The molecule has 0 bridgehead atoms. The highest BCUT2D eigenvalue weighted by molar-refractivity contribution is 5.89. The van der Waals surface area contributed by atoms with Crippen LogP contribution in [0, 0.1) is 5.82 Å². The molecule has 2 atom stereocenters. The van der Waals surface area contributed by atoms with Gasteiger partial charge in [-0.05, 0) is 41.0 Å². The molecule has 0 fully saturated rings. The van der Waals surface area contributed by atoms with Crippen LogP contribution in [0.25, 0.3) is 10.8 Å². The molecular formula is C21H20FNO. The monoisotopic (exact) mass is 321 g/mol. The van der Waals surface area contributed by atoms with Crippen LogP contribution in [0.5, 0.6) is 5.75 Å². The second-order valence-electron chi connectivity index (χ2n) is 6.24. The van der Waals surface area contributed by atoms with E-state index in [0.717, 1.165) is 29.7 Å². The first kappa shape index (κ1) is 15.2. The van der Waals surface area contributed by atoms with E-state index in [0.29, 0.717) is 0 Å². The quantitative estimate of drug-likeness (QED) is 0.718. The van der Waals surface area contributed by atoms with Gasteiger partial charge in [0, 0.05) is 5.56 Å². The molecule has 1 heterocycles. The molecule has 122 valence electrons. The molecule has 0 saturated carbocycles. The lowest BCUT2D eigenvalue weighted by Crippen LogP contribution is -2.42. The minimum atomic E-state index is -0.214. The summed E-state index contributed by atoms with van der Waals surface area (Å²) in [5, 5.41) is 5.95. The zero-order valence-electron chi connectivity index (χ0n) is 13.6. The Morgan fingerprint density at radius 2 is 1.79 bits per heavy atom. The first-order valence-electron chi connectivity index (χ1n) is 8.46. The standard InChI is InChI=1S/C21H20FNO/c1-2-5-19-23-21(15-8-11-16(22)12-9-15)20-17-7-4-3-6-14(17)10-13-18(20)24-19/h3-4,6-13,19,21,23H,2,5H2,1H3/t19-,21+/m1/s1. The Kier molecular flexibility index (Phi) is 3.95. The predicted octanol–water partition coefficient (Wildman–Crippen LogP) is 5.18. The number of nitrogens with one attached hydrogen (secondary N) is 1. The summed E-state index contributed by atoms with van der Waals surface area (Å²) in [4.78, 5) is 0. The van der Waals surface area contributed by atoms with Crippen LogP contribution in [0.1, 0.15) is 36.9 Å². The van der Waals surface area contributed by atoms with Crippen molar-refractivity contribution in [3.63, 3.8) is 0 Å². The van der Waals surface area contributed by atoms with Crippen molar-refractivity contribution >= 4 is 10.8 Å². The highest BCUT2D eigenvalue weighted by atomic mass is 19.1. The molecule has 24 heavy (non-hydrogen) atoms. The van der Waals surface area contributed by atoms with Gasteiger partial charge in [-0.15, -0.1) is 0 Å². The van der Waals surface area contributed by atoms with Gasteiger partial charge in [0.15, 0.2) is 6.23 Å². The van der Waals surface area contributed by atoms with Crippen molar-refractivity contribution in [1.29, 1.82) is 0 Å². The number of ether oxygens (including phenoxy) is 1. The molecule has 0 unspecified atom stereocenters. The van der Waals surface area contributed by atoms with Crippen molar-refractivity contribution < 1.29 is 9.13 Å². The normalized spacial score (nSPS) is 19.8. The highest BCUT2D eigenvalue weighted by Gasteiger charge is 2.29. The Balaban J connectivity index is 1.89. The number of fused-ring (bicyclic) bond motifs is 3. The molecule has 0 amide bonds. The Hall–Kier alpha value is -2.39. The van der Waals surface area contributed by atoms with Gasteiger partial charge in [0.25, 0.3) is 0 Å². The molecule has 4 rings (SSSR count). The van der Waals surface area contributed by atoms with Crippen LogP contribution in [0.4, 0.5) is 4.39 Å². The van der Waals surface area contributed by atoms with E-state index in [2.05, 4.69) is 36.5 Å². The molecule has 3 heteroatoms. The molecule has 3 aromatic carbocycles. The summed E-state index contributed by atoms with van der Waals surface area (Å²) in [7, 11) is 0. The van der Waals surface area contributed by atoms with Crippen LogP contribution in [-0.4, -0.2) is 6.23 Å². The van der Waals surface area contributed by atoms with Gasteiger partial charge in [0.2, 0.25) is 0 Å². The lowest BCUT2D eigenvalue weighted by atomic mass is 9.91. The van der Waals surface area contributed by atoms with Gasteiger partial charge in [-0.3, -0.25) is 5.32 Å². The summed E-state index contributed by atoms with van der Waals surface area (Å²) in [6.45, 7) is 2.15. The topological polar surface area (TPSA) is 21.3 Å². The third-order valence-corrected chi connectivity index (χ3v) is 4.60. The van der Waals surface area contributed by atoms with Crippen molar-refractivity contribution in [2.75, 3.05) is 0 Å². The van der Waals surface area contributed by atoms with Gasteiger partial charge >= 0.3 is 0 Å².